The standard InChI is InChI=1S/C25H26N2O4S2/c1-31-19-11-9-18(10-12-19)26-24(30)22-23(16-5-3-2-4-6-16)33-25(27-22)17-7-13-20(14-8-17)32-15-21(28)29/h2-8,13-14,18-19H,9-12,15H2,1H3,(H,26,30)(H,28,29). The molecule has 1 heterocycles. The van der Waals surface area contributed by atoms with Gasteiger partial charge in [-0.25, -0.2) is 4.98 Å². The summed E-state index contributed by atoms with van der Waals surface area (Å²) in [7, 11) is 1.74. The van der Waals surface area contributed by atoms with E-state index in [-0.39, 0.29) is 23.8 Å². The van der Waals surface area contributed by atoms with E-state index in [4.69, 9.17) is 14.8 Å². The Balaban J connectivity index is 1.57. The fraction of sp³-hybridized carbons (Fsp3) is 0.320. The smallest absolute Gasteiger partial charge is 0.313 e. The van der Waals surface area contributed by atoms with Crippen molar-refractivity contribution in [3.63, 3.8) is 0 Å². The number of hydrogen-bond donors (Lipinski definition) is 2. The van der Waals surface area contributed by atoms with Gasteiger partial charge < -0.3 is 15.2 Å². The highest BCUT2D eigenvalue weighted by Gasteiger charge is 2.26. The van der Waals surface area contributed by atoms with Gasteiger partial charge in [0.25, 0.3) is 5.91 Å². The van der Waals surface area contributed by atoms with Gasteiger partial charge in [0.15, 0.2) is 0 Å². The summed E-state index contributed by atoms with van der Waals surface area (Å²) in [5, 5.41) is 12.8. The topological polar surface area (TPSA) is 88.5 Å². The molecule has 1 fully saturated rings. The number of ether oxygens (including phenoxy) is 1. The van der Waals surface area contributed by atoms with E-state index >= 15 is 0 Å². The summed E-state index contributed by atoms with van der Waals surface area (Å²) in [5.74, 6) is -0.973. The molecule has 0 spiro atoms. The molecule has 0 bridgehead atoms. The maximum atomic E-state index is 13.2. The van der Waals surface area contributed by atoms with Crippen molar-refractivity contribution in [3.05, 3.63) is 60.3 Å². The molecule has 8 heteroatoms. The van der Waals surface area contributed by atoms with Crippen LogP contribution in [-0.2, 0) is 9.53 Å². The zero-order chi connectivity index (χ0) is 23.2. The quantitative estimate of drug-likeness (QED) is 0.421. The summed E-state index contributed by atoms with van der Waals surface area (Å²) < 4.78 is 5.44. The number of aromatic nitrogens is 1. The van der Waals surface area contributed by atoms with Crippen LogP contribution in [0.25, 0.3) is 21.0 Å². The fourth-order valence-corrected chi connectivity index (χ4v) is 5.61. The first kappa shape index (κ1) is 23.5. The van der Waals surface area contributed by atoms with Crippen molar-refractivity contribution in [3.8, 4) is 21.0 Å². The summed E-state index contributed by atoms with van der Waals surface area (Å²) in [5.41, 5.74) is 2.30. The van der Waals surface area contributed by atoms with Crippen LogP contribution in [0, 0.1) is 0 Å². The first-order valence-electron chi connectivity index (χ1n) is 10.9. The van der Waals surface area contributed by atoms with Crippen molar-refractivity contribution >= 4 is 35.0 Å². The second-order valence-electron chi connectivity index (χ2n) is 7.95. The number of benzene rings is 2. The van der Waals surface area contributed by atoms with Gasteiger partial charge in [-0.3, -0.25) is 9.59 Å². The second kappa shape index (κ2) is 11.0. The Bertz CT molecular complexity index is 1090. The third-order valence-corrected chi connectivity index (χ3v) is 7.83. The Kier molecular flexibility index (Phi) is 7.80. The largest absolute Gasteiger partial charge is 0.481 e. The van der Waals surface area contributed by atoms with E-state index in [1.807, 2.05) is 54.6 Å². The van der Waals surface area contributed by atoms with E-state index in [0.29, 0.717) is 5.69 Å². The SMILES string of the molecule is COC1CCC(NC(=O)c2nc(-c3ccc(SCC(=O)O)cc3)sc2-c2ccccc2)CC1. The molecule has 4 rings (SSSR count). The van der Waals surface area contributed by atoms with Gasteiger partial charge in [-0.1, -0.05) is 42.5 Å². The van der Waals surface area contributed by atoms with E-state index in [2.05, 4.69) is 5.32 Å². The zero-order valence-electron chi connectivity index (χ0n) is 18.3. The normalized spacial score (nSPS) is 18.1. The molecule has 172 valence electrons. The molecule has 6 nitrogen and oxygen atoms in total. The highest BCUT2D eigenvalue weighted by atomic mass is 32.2. The Hall–Kier alpha value is -2.68. The van der Waals surface area contributed by atoms with Crippen LogP contribution in [0.15, 0.2) is 59.5 Å². The minimum atomic E-state index is -0.845. The van der Waals surface area contributed by atoms with Gasteiger partial charge in [0.05, 0.1) is 16.7 Å². The molecule has 0 aliphatic heterocycles. The van der Waals surface area contributed by atoms with Gasteiger partial charge in [0.2, 0.25) is 0 Å². The van der Waals surface area contributed by atoms with Crippen molar-refractivity contribution in [2.45, 2.75) is 42.7 Å². The lowest BCUT2D eigenvalue weighted by molar-refractivity contribution is -0.133. The first-order valence-corrected chi connectivity index (χ1v) is 12.7. The summed E-state index contributed by atoms with van der Waals surface area (Å²) in [4.78, 5) is 30.5. The zero-order valence-corrected chi connectivity index (χ0v) is 20.0. The summed E-state index contributed by atoms with van der Waals surface area (Å²) in [6.07, 6.45) is 3.97. The van der Waals surface area contributed by atoms with Crippen molar-refractivity contribution in [1.82, 2.24) is 10.3 Å². The molecular formula is C25H26N2O4S2. The number of thiazole rings is 1. The molecule has 1 amide bonds. The summed E-state index contributed by atoms with van der Waals surface area (Å²) in [6, 6.07) is 17.6. The number of nitrogens with zero attached hydrogens (tertiary/aromatic N) is 1. The predicted octanol–water partition coefficient (Wildman–Crippen LogP) is 5.34. The van der Waals surface area contributed by atoms with Crippen molar-refractivity contribution in [1.29, 1.82) is 0 Å². The molecule has 3 aromatic rings. The molecule has 2 N–H and O–H groups in total. The van der Waals surface area contributed by atoms with Crippen LogP contribution in [0.1, 0.15) is 36.2 Å². The number of carboxylic acids is 1. The Morgan fingerprint density at radius 2 is 1.76 bits per heavy atom. The highest BCUT2D eigenvalue weighted by Crippen LogP contribution is 2.36. The van der Waals surface area contributed by atoms with E-state index < -0.39 is 5.97 Å². The molecule has 33 heavy (non-hydrogen) atoms. The summed E-state index contributed by atoms with van der Waals surface area (Å²) >= 11 is 2.77. The van der Waals surface area contributed by atoms with Crippen LogP contribution < -0.4 is 5.32 Å². The number of nitrogens with one attached hydrogen (secondary N) is 1. The van der Waals surface area contributed by atoms with Crippen LogP contribution in [0.4, 0.5) is 0 Å². The van der Waals surface area contributed by atoms with Crippen LogP contribution in [0.3, 0.4) is 0 Å². The molecule has 0 saturated heterocycles. The molecule has 0 atom stereocenters. The number of rotatable bonds is 8. The molecule has 0 radical (unpaired) electrons. The molecule has 1 aromatic heterocycles. The second-order valence-corrected chi connectivity index (χ2v) is 10.0. The van der Waals surface area contributed by atoms with Gasteiger partial charge in [-0.15, -0.1) is 23.1 Å². The first-order chi connectivity index (χ1) is 16.0. The maximum absolute atomic E-state index is 13.2. The van der Waals surface area contributed by atoms with Crippen molar-refractivity contribution in [2.24, 2.45) is 0 Å². The van der Waals surface area contributed by atoms with Crippen molar-refractivity contribution in [2.75, 3.05) is 12.9 Å². The van der Waals surface area contributed by atoms with Crippen LogP contribution in [-0.4, -0.2) is 47.0 Å². The molecule has 0 unspecified atom stereocenters. The highest BCUT2D eigenvalue weighted by molar-refractivity contribution is 8.00. The maximum Gasteiger partial charge on any atom is 0.313 e. The van der Waals surface area contributed by atoms with E-state index in [1.165, 1.54) is 23.1 Å². The number of carbonyl (C=O) groups excluding carboxylic acids is 1. The number of hydrogen-bond acceptors (Lipinski definition) is 6. The molecular weight excluding hydrogens is 456 g/mol. The Labute approximate surface area is 201 Å². The average molecular weight is 483 g/mol. The van der Waals surface area contributed by atoms with Gasteiger partial charge in [-0.2, -0.15) is 0 Å². The molecule has 1 aliphatic carbocycles. The van der Waals surface area contributed by atoms with Gasteiger partial charge in [0, 0.05) is 23.6 Å². The van der Waals surface area contributed by atoms with Gasteiger partial charge in [-0.05, 0) is 43.4 Å². The fourth-order valence-electron chi connectivity index (χ4n) is 3.92. The van der Waals surface area contributed by atoms with Crippen LogP contribution in [0.2, 0.25) is 0 Å². The lowest BCUT2D eigenvalue weighted by Crippen LogP contribution is -2.39. The lowest BCUT2D eigenvalue weighted by Gasteiger charge is -2.28. The number of thioether (sulfide) groups is 1. The third kappa shape index (κ3) is 6.01. The summed E-state index contributed by atoms with van der Waals surface area (Å²) in [6.45, 7) is 0. The van der Waals surface area contributed by atoms with Gasteiger partial charge >= 0.3 is 5.97 Å². The number of methoxy groups -OCH3 is 1. The Morgan fingerprint density at radius 1 is 1.06 bits per heavy atom. The monoisotopic (exact) mass is 482 g/mol. The van der Waals surface area contributed by atoms with Crippen LogP contribution in [0.5, 0.6) is 0 Å². The Morgan fingerprint density at radius 3 is 2.39 bits per heavy atom. The number of amides is 1. The van der Waals surface area contributed by atoms with E-state index in [1.54, 1.807) is 7.11 Å². The minimum Gasteiger partial charge on any atom is -0.481 e. The van der Waals surface area contributed by atoms with Crippen LogP contribution >= 0.6 is 23.1 Å². The minimum absolute atomic E-state index is 0.0192. The van der Waals surface area contributed by atoms with Gasteiger partial charge in [0.1, 0.15) is 10.7 Å². The average Bonchev–Trinajstić information content (AvgIpc) is 3.30. The number of aliphatic carboxylic acids is 1. The van der Waals surface area contributed by atoms with Crippen molar-refractivity contribution < 1.29 is 19.4 Å². The third-order valence-electron chi connectivity index (χ3n) is 5.68. The number of carbonyl (C=O) groups is 2. The van der Waals surface area contributed by atoms with E-state index in [9.17, 15) is 9.59 Å². The number of carboxylic acid groups (broad SMARTS) is 1. The predicted molar refractivity (Wildman–Crippen MR) is 132 cm³/mol. The molecule has 1 saturated carbocycles. The molecule has 2 aromatic carbocycles. The lowest BCUT2D eigenvalue weighted by atomic mass is 9.93. The molecule has 1 aliphatic rings. The van der Waals surface area contributed by atoms with E-state index in [0.717, 1.165) is 51.6 Å².